The average molecular weight is 287 g/mol. The van der Waals surface area contributed by atoms with E-state index in [1.54, 1.807) is 30.5 Å². The van der Waals surface area contributed by atoms with E-state index in [1.165, 1.54) is 0 Å². The van der Waals surface area contributed by atoms with Gasteiger partial charge in [-0.1, -0.05) is 17.7 Å². The van der Waals surface area contributed by atoms with Crippen LogP contribution in [0.5, 0.6) is 0 Å². The summed E-state index contributed by atoms with van der Waals surface area (Å²) < 4.78 is 0. The van der Waals surface area contributed by atoms with Crippen molar-refractivity contribution in [2.24, 2.45) is 0 Å². The number of hydrogen-bond acceptors (Lipinski definition) is 2. The molecule has 3 rings (SSSR count). The Morgan fingerprint density at radius 1 is 1.25 bits per heavy atom. The second-order valence-electron chi connectivity index (χ2n) is 5.03. The van der Waals surface area contributed by atoms with E-state index in [0.717, 1.165) is 18.4 Å². The molecule has 1 aliphatic rings. The highest BCUT2D eigenvalue weighted by Gasteiger charge is 2.33. The molecule has 0 aliphatic heterocycles. The molecule has 0 N–H and O–H groups in total. The van der Waals surface area contributed by atoms with Gasteiger partial charge >= 0.3 is 0 Å². The van der Waals surface area contributed by atoms with Gasteiger partial charge in [-0.25, -0.2) is 0 Å². The fourth-order valence-corrected chi connectivity index (χ4v) is 2.33. The number of amides is 1. The number of hydrogen-bond donors (Lipinski definition) is 0. The van der Waals surface area contributed by atoms with Crippen LogP contribution in [0, 0.1) is 0 Å². The van der Waals surface area contributed by atoms with Crippen molar-refractivity contribution in [3.63, 3.8) is 0 Å². The van der Waals surface area contributed by atoms with Gasteiger partial charge in [0.1, 0.15) is 0 Å². The van der Waals surface area contributed by atoms with Crippen LogP contribution in [-0.4, -0.2) is 21.8 Å². The summed E-state index contributed by atoms with van der Waals surface area (Å²) in [6.07, 6.45) is 5.72. The van der Waals surface area contributed by atoms with E-state index in [9.17, 15) is 4.79 Å². The van der Waals surface area contributed by atoms with Gasteiger partial charge < -0.3 is 4.90 Å². The first-order valence-electron chi connectivity index (χ1n) is 6.69. The Hall–Kier alpha value is -1.87. The summed E-state index contributed by atoms with van der Waals surface area (Å²) in [5.74, 6) is 0.0630. The van der Waals surface area contributed by atoms with E-state index >= 15 is 0 Å². The Morgan fingerprint density at radius 2 is 2.00 bits per heavy atom. The van der Waals surface area contributed by atoms with Crippen molar-refractivity contribution in [1.82, 2.24) is 9.88 Å². The number of pyridine rings is 1. The second-order valence-corrected chi connectivity index (χ2v) is 5.47. The Morgan fingerprint density at radius 3 is 2.60 bits per heavy atom. The summed E-state index contributed by atoms with van der Waals surface area (Å²) in [5.41, 5.74) is 1.74. The van der Waals surface area contributed by atoms with Gasteiger partial charge in [0.15, 0.2) is 0 Å². The van der Waals surface area contributed by atoms with Crippen molar-refractivity contribution in [3.8, 4) is 0 Å². The number of nitrogens with zero attached hydrogens (tertiary/aromatic N) is 2. The molecule has 0 radical (unpaired) electrons. The summed E-state index contributed by atoms with van der Waals surface area (Å²) in [6.45, 7) is 0.611. The number of carbonyl (C=O) groups is 1. The molecule has 20 heavy (non-hydrogen) atoms. The summed E-state index contributed by atoms with van der Waals surface area (Å²) in [6, 6.07) is 11.3. The van der Waals surface area contributed by atoms with E-state index in [-0.39, 0.29) is 5.91 Å². The second kappa shape index (κ2) is 5.63. The van der Waals surface area contributed by atoms with Crippen molar-refractivity contribution >= 4 is 17.5 Å². The molecule has 2 aromatic rings. The summed E-state index contributed by atoms with van der Waals surface area (Å²) in [7, 11) is 0. The predicted octanol–water partition coefficient (Wildman–Crippen LogP) is 3.54. The van der Waals surface area contributed by atoms with Gasteiger partial charge in [-0.3, -0.25) is 9.78 Å². The van der Waals surface area contributed by atoms with Gasteiger partial charge in [0.2, 0.25) is 0 Å². The molecular formula is C16H15ClN2O. The monoisotopic (exact) mass is 286 g/mol. The summed E-state index contributed by atoms with van der Waals surface area (Å²) >= 11 is 5.87. The molecule has 1 fully saturated rings. The smallest absolute Gasteiger partial charge is 0.254 e. The average Bonchev–Trinajstić information content (AvgIpc) is 3.30. The van der Waals surface area contributed by atoms with Crippen LogP contribution in [0.25, 0.3) is 0 Å². The van der Waals surface area contributed by atoms with Crippen LogP contribution in [0.2, 0.25) is 5.02 Å². The van der Waals surface area contributed by atoms with Gasteiger partial charge in [0.05, 0.1) is 0 Å². The molecule has 1 amide bonds. The minimum absolute atomic E-state index is 0.0630. The van der Waals surface area contributed by atoms with Crippen molar-refractivity contribution in [3.05, 3.63) is 64.9 Å². The van der Waals surface area contributed by atoms with E-state index in [0.29, 0.717) is 23.2 Å². The third-order valence-electron chi connectivity index (χ3n) is 3.42. The maximum Gasteiger partial charge on any atom is 0.254 e. The van der Waals surface area contributed by atoms with Gasteiger partial charge in [0.25, 0.3) is 5.91 Å². The van der Waals surface area contributed by atoms with E-state index in [1.807, 2.05) is 23.2 Å². The van der Waals surface area contributed by atoms with Crippen LogP contribution in [0.4, 0.5) is 0 Å². The molecule has 0 saturated heterocycles. The van der Waals surface area contributed by atoms with Gasteiger partial charge in [-0.15, -0.1) is 0 Å². The lowest BCUT2D eigenvalue weighted by Gasteiger charge is -2.22. The number of rotatable bonds is 4. The van der Waals surface area contributed by atoms with Crippen molar-refractivity contribution < 1.29 is 4.79 Å². The lowest BCUT2D eigenvalue weighted by Crippen LogP contribution is -2.32. The highest BCUT2D eigenvalue weighted by Crippen LogP contribution is 2.29. The number of carbonyl (C=O) groups excluding carboxylic acids is 1. The molecule has 1 heterocycles. The largest absolute Gasteiger partial charge is 0.331 e. The molecule has 1 aromatic heterocycles. The predicted molar refractivity (Wildman–Crippen MR) is 78.6 cm³/mol. The molecular weight excluding hydrogens is 272 g/mol. The first-order valence-corrected chi connectivity index (χ1v) is 7.07. The lowest BCUT2D eigenvalue weighted by atomic mass is 10.1. The molecule has 1 aromatic carbocycles. The third-order valence-corrected chi connectivity index (χ3v) is 3.67. The van der Waals surface area contributed by atoms with Gasteiger partial charge in [-0.2, -0.15) is 0 Å². The highest BCUT2D eigenvalue weighted by molar-refractivity contribution is 6.30. The normalized spacial score (nSPS) is 14.1. The van der Waals surface area contributed by atoms with Crippen molar-refractivity contribution in [1.29, 1.82) is 0 Å². The Labute approximate surface area is 123 Å². The molecule has 1 saturated carbocycles. The van der Waals surface area contributed by atoms with Crippen molar-refractivity contribution in [2.75, 3.05) is 0 Å². The SMILES string of the molecule is O=C(c1ccc(Cl)cc1)N(Cc1cccnc1)C1CC1. The van der Waals surface area contributed by atoms with E-state index in [2.05, 4.69) is 4.98 Å². The Balaban J connectivity index is 1.80. The Bertz CT molecular complexity index is 594. The fourth-order valence-electron chi connectivity index (χ4n) is 2.20. The van der Waals surface area contributed by atoms with Crippen LogP contribution in [0.1, 0.15) is 28.8 Å². The van der Waals surface area contributed by atoms with Crippen LogP contribution in [-0.2, 0) is 6.54 Å². The highest BCUT2D eigenvalue weighted by atomic mass is 35.5. The third kappa shape index (κ3) is 2.99. The number of aromatic nitrogens is 1. The topological polar surface area (TPSA) is 33.2 Å². The molecule has 3 nitrogen and oxygen atoms in total. The number of benzene rings is 1. The number of halogens is 1. The summed E-state index contributed by atoms with van der Waals surface area (Å²) in [4.78, 5) is 18.6. The zero-order valence-corrected chi connectivity index (χ0v) is 11.8. The zero-order valence-electron chi connectivity index (χ0n) is 11.0. The maximum absolute atomic E-state index is 12.6. The molecule has 0 atom stereocenters. The quantitative estimate of drug-likeness (QED) is 0.861. The molecule has 0 spiro atoms. The van der Waals surface area contributed by atoms with E-state index in [4.69, 9.17) is 11.6 Å². The van der Waals surface area contributed by atoms with E-state index < -0.39 is 0 Å². The molecule has 0 unspecified atom stereocenters. The molecule has 1 aliphatic carbocycles. The van der Waals surface area contributed by atoms with Crippen LogP contribution >= 0.6 is 11.6 Å². The minimum atomic E-state index is 0.0630. The molecule has 0 bridgehead atoms. The zero-order chi connectivity index (χ0) is 13.9. The standard InChI is InChI=1S/C16H15ClN2O/c17-14-5-3-13(4-6-14)16(20)19(15-7-8-15)11-12-2-1-9-18-10-12/h1-6,9-10,15H,7-8,11H2. The Kier molecular flexibility index (Phi) is 3.70. The first-order chi connectivity index (χ1) is 9.74. The fraction of sp³-hybridized carbons (Fsp3) is 0.250. The maximum atomic E-state index is 12.6. The molecule has 102 valence electrons. The van der Waals surface area contributed by atoms with Gasteiger partial charge in [-0.05, 0) is 48.7 Å². The summed E-state index contributed by atoms with van der Waals surface area (Å²) in [5, 5.41) is 0.645. The minimum Gasteiger partial charge on any atom is -0.331 e. The first kappa shape index (κ1) is 13.1. The van der Waals surface area contributed by atoms with Crippen LogP contribution in [0.15, 0.2) is 48.8 Å². The van der Waals surface area contributed by atoms with Crippen LogP contribution < -0.4 is 0 Å². The molecule has 4 heteroatoms. The van der Waals surface area contributed by atoms with Crippen molar-refractivity contribution in [2.45, 2.75) is 25.4 Å². The lowest BCUT2D eigenvalue weighted by molar-refractivity contribution is 0.0730. The van der Waals surface area contributed by atoms with Crippen LogP contribution in [0.3, 0.4) is 0 Å². The van der Waals surface area contributed by atoms with Gasteiger partial charge in [0, 0.05) is 35.6 Å².